The van der Waals surface area contributed by atoms with Crippen molar-refractivity contribution in [3.63, 3.8) is 0 Å². The number of halogens is 2. The first kappa shape index (κ1) is 20.5. The molecule has 0 aromatic rings. The maximum Gasteiger partial charge on any atom is 0.365 e. The predicted octanol–water partition coefficient (Wildman–Crippen LogP) is 2.26. The lowest BCUT2D eigenvalue weighted by atomic mass is 10.4. The Labute approximate surface area is 129 Å². The molecule has 9 heteroatoms. The highest BCUT2D eigenvalue weighted by Crippen LogP contribution is 2.33. The van der Waals surface area contributed by atoms with Gasteiger partial charge in [0, 0.05) is 0 Å². The number of nitrogens with two attached hydrogens (primary N) is 1. The molecule has 0 spiro atoms. The Morgan fingerprint density at radius 3 is 2.23 bits per heavy atom. The molecule has 22 heavy (non-hydrogen) atoms. The summed E-state index contributed by atoms with van der Waals surface area (Å²) >= 11 is 0. The topological polar surface area (TPSA) is 94.3 Å². The fourth-order valence-electron chi connectivity index (χ4n) is 1.65. The lowest BCUT2D eigenvalue weighted by molar-refractivity contribution is 0.146. The summed E-state index contributed by atoms with van der Waals surface area (Å²) in [6.45, 7) is 5.67. The number of hydrogen-bond donors (Lipinski definition) is 1. The van der Waals surface area contributed by atoms with Crippen LogP contribution in [0.15, 0.2) is 48.1 Å². The molecule has 0 bridgehead atoms. The molecule has 5 nitrogen and oxygen atoms in total. The zero-order valence-corrected chi connectivity index (χ0v) is 13.9. The summed E-state index contributed by atoms with van der Waals surface area (Å²) in [5, 5.41) is -4.29. The van der Waals surface area contributed by atoms with Gasteiger partial charge >= 0.3 is 5.25 Å². The molecular weight excluding hydrogens is 336 g/mol. The van der Waals surface area contributed by atoms with Crippen molar-refractivity contribution in [2.45, 2.75) is 30.1 Å². The molecule has 0 saturated carbocycles. The Kier molecular flexibility index (Phi) is 7.17. The van der Waals surface area contributed by atoms with Gasteiger partial charge in [0.15, 0.2) is 14.4 Å². The van der Waals surface area contributed by atoms with Crippen molar-refractivity contribution >= 4 is 19.7 Å². The largest absolute Gasteiger partial charge is 0.405 e. The van der Waals surface area contributed by atoms with Crippen LogP contribution in [-0.2, 0) is 19.7 Å². The van der Waals surface area contributed by atoms with E-state index in [4.69, 9.17) is 5.73 Å². The summed E-state index contributed by atoms with van der Waals surface area (Å²) in [5.41, 5.74) is 5.08. The van der Waals surface area contributed by atoms with Crippen molar-refractivity contribution in [3.05, 3.63) is 48.1 Å². The van der Waals surface area contributed by atoms with Crippen LogP contribution in [0.25, 0.3) is 0 Å². The fraction of sp³-hybridized carbons (Fsp3) is 0.385. The van der Waals surface area contributed by atoms with Crippen LogP contribution in [0, 0.1) is 0 Å². The van der Waals surface area contributed by atoms with E-state index in [1.54, 1.807) is 0 Å². The van der Waals surface area contributed by atoms with E-state index in [9.17, 15) is 25.6 Å². The van der Waals surface area contributed by atoms with E-state index in [2.05, 4.69) is 6.58 Å². The summed E-state index contributed by atoms with van der Waals surface area (Å²) in [5.74, 6) is 0. The summed E-state index contributed by atoms with van der Waals surface area (Å²) < 4.78 is 74.0. The monoisotopic (exact) mass is 355 g/mol. The van der Waals surface area contributed by atoms with Crippen LogP contribution in [0.4, 0.5) is 8.78 Å². The molecule has 1 unspecified atom stereocenters. The first-order valence-corrected chi connectivity index (χ1v) is 9.32. The molecule has 0 saturated heterocycles. The van der Waals surface area contributed by atoms with Gasteiger partial charge in [0.05, 0.1) is 4.91 Å². The average Bonchev–Trinajstić information content (AvgIpc) is 2.39. The minimum Gasteiger partial charge on any atom is -0.405 e. The van der Waals surface area contributed by atoms with Gasteiger partial charge < -0.3 is 5.73 Å². The highest BCUT2D eigenvalue weighted by Gasteiger charge is 2.52. The molecule has 0 aromatic carbocycles. The molecule has 0 aliphatic carbocycles. The van der Waals surface area contributed by atoms with Crippen molar-refractivity contribution < 1.29 is 25.6 Å². The summed E-state index contributed by atoms with van der Waals surface area (Å²) in [4.78, 5) is -0.499. The highest BCUT2D eigenvalue weighted by molar-refractivity contribution is 8.11. The maximum absolute atomic E-state index is 13.8. The normalized spacial score (nSPS) is 16.3. The predicted molar refractivity (Wildman–Crippen MR) is 83.3 cm³/mol. The number of alkyl halides is 2. The van der Waals surface area contributed by atoms with Gasteiger partial charge in [-0.25, -0.2) is 16.8 Å². The van der Waals surface area contributed by atoms with E-state index >= 15 is 0 Å². The van der Waals surface area contributed by atoms with Gasteiger partial charge in [0.2, 0.25) is 9.84 Å². The van der Waals surface area contributed by atoms with Gasteiger partial charge in [-0.05, 0) is 37.8 Å². The van der Waals surface area contributed by atoms with Gasteiger partial charge in [-0.2, -0.15) is 8.78 Å². The van der Waals surface area contributed by atoms with Crippen LogP contribution in [0.2, 0.25) is 0 Å². The molecule has 2 N–H and O–H groups in total. The minimum absolute atomic E-state index is 0.150. The quantitative estimate of drug-likeness (QED) is 0.532. The second kappa shape index (κ2) is 7.68. The van der Waals surface area contributed by atoms with Crippen LogP contribution < -0.4 is 5.73 Å². The summed E-state index contributed by atoms with van der Waals surface area (Å²) in [6.07, 6.45) is 4.49. The Morgan fingerprint density at radius 2 is 1.86 bits per heavy atom. The number of sulfone groups is 2. The SMILES string of the molecule is C=C/C(=C\C=C/N)S(=O)(=O)C(CC)S(=O)(=O)C(F)(F)/C=C/C. The third-order valence-electron chi connectivity index (χ3n) is 2.67. The highest BCUT2D eigenvalue weighted by atomic mass is 32.3. The summed E-state index contributed by atoms with van der Waals surface area (Å²) in [6, 6.07) is 0. The average molecular weight is 355 g/mol. The van der Waals surface area contributed by atoms with E-state index in [0.29, 0.717) is 0 Å². The molecule has 126 valence electrons. The molecule has 0 rings (SSSR count). The lowest BCUT2D eigenvalue weighted by Crippen LogP contribution is -2.40. The Hall–Kier alpha value is -1.48. The van der Waals surface area contributed by atoms with E-state index in [1.165, 1.54) is 13.8 Å². The Bertz CT molecular complexity index is 690. The van der Waals surface area contributed by atoms with E-state index in [-0.39, 0.29) is 6.08 Å². The van der Waals surface area contributed by atoms with Gasteiger partial charge in [-0.1, -0.05) is 25.7 Å². The van der Waals surface area contributed by atoms with E-state index in [1.807, 2.05) is 0 Å². The molecule has 0 amide bonds. The molecule has 0 aliphatic rings. The molecule has 1 atom stereocenters. The number of hydrogen-bond acceptors (Lipinski definition) is 5. The van der Waals surface area contributed by atoms with Crippen molar-refractivity contribution in [1.82, 2.24) is 0 Å². The lowest BCUT2D eigenvalue weighted by Gasteiger charge is -2.21. The van der Waals surface area contributed by atoms with Crippen molar-refractivity contribution in [3.8, 4) is 0 Å². The van der Waals surface area contributed by atoms with E-state index in [0.717, 1.165) is 30.5 Å². The van der Waals surface area contributed by atoms with Crippen molar-refractivity contribution in [2.75, 3.05) is 0 Å². The second-order valence-electron chi connectivity index (χ2n) is 4.15. The van der Waals surface area contributed by atoms with Crippen molar-refractivity contribution in [1.29, 1.82) is 0 Å². The van der Waals surface area contributed by atoms with Crippen LogP contribution in [-0.4, -0.2) is 26.7 Å². The first-order chi connectivity index (χ1) is 10.0. The fourth-order valence-corrected chi connectivity index (χ4v) is 6.06. The molecular formula is C13H19F2NO4S2. The Morgan fingerprint density at radius 1 is 1.32 bits per heavy atom. The molecule has 0 aromatic heterocycles. The van der Waals surface area contributed by atoms with Crippen LogP contribution >= 0.6 is 0 Å². The first-order valence-electron chi connectivity index (χ1n) is 6.22. The number of allylic oxidation sites excluding steroid dienone is 4. The van der Waals surface area contributed by atoms with Crippen molar-refractivity contribution in [2.24, 2.45) is 5.73 Å². The van der Waals surface area contributed by atoms with Crippen LogP contribution in [0.3, 0.4) is 0 Å². The maximum atomic E-state index is 13.8. The second-order valence-corrected chi connectivity index (χ2v) is 8.78. The minimum atomic E-state index is -5.30. The Balaban J connectivity index is 6.24. The third-order valence-corrected chi connectivity index (χ3v) is 8.09. The van der Waals surface area contributed by atoms with E-state index < -0.39 is 40.8 Å². The van der Waals surface area contributed by atoms with Crippen LogP contribution in [0.1, 0.15) is 20.3 Å². The van der Waals surface area contributed by atoms with Gasteiger partial charge in [0.1, 0.15) is 0 Å². The molecule has 0 aliphatic heterocycles. The molecule has 0 radical (unpaired) electrons. The van der Waals surface area contributed by atoms with Gasteiger partial charge in [0.25, 0.3) is 0 Å². The standard InChI is InChI=1S/C13H19F2NO4S2/c1-4-9-13(14,15)22(19,20)12(6-3)21(17,18)11(5-2)8-7-10-16/h4-5,7-10,12H,2,6,16H2,1,3H3/b9-4+,10-7-,11-8+. The smallest absolute Gasteiger partial charge is 0.365 e. The third kappa shape index (κ3) is 4.04. The van der Waals surface area contributed by atoms with Gasteiger partial charge in [-0.15, -0.1) is 0 Å². The van der Waals surface area contributed by atoms with Crippen LogP contribution in [0.5, 0.6) is 0 Å². The number of rotatable bonds is 8. The molecule has 0 fully saturated rings. The molecule has 0 heterocycles. The summed E-state index contributed by atoms with van der Waals surface area (Å²) in [7, 11) is -9.86. The zero-order chi connectivity index (χ0) is 17.6. The van der Waals surface area contributed by atoms with Gasteiger partial charge in [-0.3, -0.25) is 0 Å². The zero-order valence-electron chi connectivity index (χ0n) is 12.2.